The molecule has 5 nitrogen and oxygen atoms in total. The number of hydrogen-bond donors (Lipinski definition) is 0. The van der Waals surface area contributed by atoms with Gasteiger partial charge in [0.1, 0.15) is 0 Å². The van der Waals surface area contributed by atoms with Crippen LogP contribution in [-0.4, -0.2) is 30.2 Å². The van der Waals surface area contributed by atoms with Crippen LogP contribution in [0.5, 0.6) is 0 Å². The Morgan fingerprint density at radius 3 is 2.84 bits per heavy atom. The molecule has 0 spiro atoms. The molecule has 2 fully saturated rings. The molecule has 1 saturated carbocycles. The van der Waals surface area contributed by atoms with Gasteiger partial charge in [-0.25, -0.2) is 6.57 Å². The SMILES string of the molecule is [C-]#[N+]C1CC2CC(=O)OC2C1OC(=O)C(C)(C)CC. The van der Waals surface area contributed by atoms with Crippen LogP contribution in [-0.2, 0) is 19.1 Å². The fourth-order valence-corrected chi connectivity index (χ4v) is 2.54. The number of hydrogen-bond acceptors (Lipinski definition) is 4. The number of fused-ring (bicyclic) bond motifs is 1. The molecule has 2 rings (SSSR count). The number of nitrogens with zero attached hydrogens (tertiary/aromatic N) is 1. The first kappa shape index (κ1) is 13.9. The van der Waals surface area contributed by atoms with Gasteiger partial charge in [-0.15, -0.1) is 0 Å². The maximum Gasteiger partial charge on any atom is 0.312 e. The van der Waals surface area contributed by atoms with Crippen molar-refractivity contribution in [1.29, 1.82) is 0 Å². The maximum atomic E-state index is 12.1. The van der Waals surface area contributed by atoms with Gasteiger partial charge in [-0.05, 0) is 20.3 Å². The zero-order valence-electron chi connectivity index (χ0n) is 11.5. The number of rotatable bonds is 3. The second-order valence-corrected chi connectivity index (χ2v) is 5.96. The van der Waals surface area contributed by atoms with E-state index in [1.807, 2.05) is 20.8 Å². The van der Waals surface area contributed by atoms with Gasteiger partial charge < -0.3 is 14.3 Å². The summed E-state index contributed by atoms with van der Waals surface area (Å²) in [5.74, 6) is -0.555. The summed E-state index contributed by atoms with van der Waals surface area (Å²) in [6.07, 6.45) is 0.539. The van der Waals surface area contributed by atoms with Gasteiger partial charge in [0.2, 0.25) is 6.10 Å². The third-order valence-electron chi connectivity index (χ3n) is 4.25. The summed E-state index contributed by atoms with van der Waals surface area (Å²) in [6, 6.07) is -0.389. The second kappa shape index (κ2) is 4.84. The quantitative estimate of drug-likeness (QED) is 0.578. The average Bonchev–Trinajstić information content (AvgIpc) is 2.86. The van der Waals surface area contributed by atoms with E-state index in [1.54, 1.807) is 0 Å². The van der Waals surface area contributed by atoms with E-state index in [0.29, 0.717) is 19.3 Å². The van der Waals surface area contributed by atoms with Gasteiger partial charge in [-0.3, -0.25) is 9.59 Å². The summed E-state index contributed by atoms with van der Waals surface area (Å²) in [5.41, 5.74) is -0.576. The zero-order chi connectivity index (χ0) is 14.2. The lowest BCUT2D eigenvalue weighted by Crippen LogP contribution is -2.39. The maximum absolute atomic E-state index is 12.1. The molecule has 1 aliphatic carbocycles. The predicted octanol–water partition coefficient (Wildman–Crippen LogP) is 1.96. The predicted molar refractivity (Wildman–Crippen MR) is 66.9 cm³/mol. The highest BCUT2D eigenvalue weighted by Gasteiger charge is 2.56. The average molecular weight is 265 g/mol. The van der Waals surface area contributed by atoms with Gasteiger partial charge in [0.05, 0.1) is 11.8 Å². The molecule has 4 atom stereocenters. The van der Waals surface area contributed by atoms with Crippen molar-refractivity contribution in [3.05, 3.63) is 11.4 Å². The van der Waals surface area contributed by atoms with Gasteiger partial charge in [-0.2, -0.15) is 0 Å². The van der Waals surface area contributed by atoms with Gasteiger partial charge >= 0.3 is 11.9 Å². The van der Waals surface area contributed by atoms with E-state index in [0.717, 1.165) is 0 Å². The van der Waals surface area contributed by atoms with Gasteiger partial charge in [0, 0.05) is 12.3 Å². The summed E-state index contributed by atoms with van der Waals surface area (Å²) >= 11 is 0. The Kier molecular flexibility index (Phi) is 3.53. The van der Waals surface area contributed by atoms with Crippen molar-refractivity contribution >= 4 is 11.9 Å². The molecule has 0 aromatic carbocycles. The lowest BCUT2D eigenvalue weighted by Gasteiger charge is -2.25. The Morgan fingerprint density at radius 1 is 1.58 bits per heavy atom. The third kappa shape index (κ3) is 2.44. The van der Waals surface area contributed by atoms with Crippen molar-refractivity contribution < 1.29 is 19.1 Å². The monoisotopic (exact) mass is 265 g/mol. The topological polar surface area (TPSA) is 57.0 Å². The van der Waals surface area contributed by atoms with Crippen LogP contribution in [0.25, 0.3) is 4.85 Å². The molecule has 0 amide bonds. The van der Waals surface area contributed by atoms with Crippen LogP contribution in [0.4, 0.5) is 0 Å². The highest BCUT2D eigenvalue weighted by molar-refractivity contribution is 5.76. The lowest BCUT2D eigenvalue weighted by molar-refractivity contribution is -0.168. The summed E-state index contributed by atoms with van der Waals surface area (Å²) < 4.78 is 10.7. The van der Waals surface area contributed by atoms with E-state index in [-0.39, 0.29) is 23.9 Å². The minimum atomic E-state index is -0.604. The minimum Gasteiger partial charge on any atom is -0.458 e. The Hall–Kier alpha value is -1.57. The first-order valence-corrected chi connectivity index (χ1v) is 6.66. The Bertz CT molecular complexity index is 437. The van der Waals surface area contributed by atoms with Crippen LogP contribution >= 0.6 is 0 Å². The number of carbonyl (C=O) groups excluding carboxylic acids is 2. The Balaban J connectivity index is 2.11. The van der Waals surface area contributed by atoms with Gasteiger partial charge in [-0.1, -0.05) is 6.92 Å². The molecule has 1 saturated heterocycles. The first-order chi connectivity index (χ1) is 8.89. The smallest absolute Gasteiger partial charge is 0.312 e. The van der Waals surface area contributed by atoms with Crippen molar-refractivity contribution in [2.75, 3.05) is 0 Å². The summed E-state index contributed by atoms with van der Waals surface area (Å²) in [5, 5.41) is 0. The Labute approximate surface area is 113 Å². The molecule has 4 unspecified atom stereocenters. The van der Waals surface area contributed by atoms with Crippen molar-refractivity contribution in [3.8, 4) is 0 Å². The van der Waals surface area contributed by atoms with E-state index < -0.39 is 17.6 Å². The molecule has 5 heteroatoms. The summed E-state index contributed by atoms with van der Waals surface area (Å²) in [7, 11) is 0. The van der Waals surface area contributed by atoms with E-state index in [4.69, 9.17) is 16.0 Å². The van der Waals surface area contributed by atoms with Crippen LogP contribution < -0.4 is 0 Å². The molecule has 0 N–H and O–H groups in total. The molecular weight excluding hydrogens is 246 g/mol. The molecule has 19 heavy (non-hydrogen) atoms. The molecule has 0 aromatic heterocycles. The molecule has 0 radical (unpaired) electrons. The molecule has 2 aliphatic rings. The van der Waals surface area contributed by atoms with Crippen molar-refractivity contribution in [2.45, 2.75) is 58.3 Å². The van der Waals surface area contributed by atoms with Crippen LogP contribution in [0.2, 0.25) is 0 Å². The number of esters is 2. The van der Waals surface area contributed by atoms with E-state index in [2.05, 4.69) is 4.85 Å². The van der Waals surface area contributed by atoms with Crippen molar-refractivity contribution in [3.63, 3.8) is 0 Å². The highest BCUT2D eigenvalue weighted by atomic mass is 16.6. The van der Waals surface area contributed by atoms with Crippen molar-refractivity contribution in [2.24, 2.45) is 11.3 Å². The fourth-order valence-electron chi connectivity index (χ4n) is 2.54. The molecule has 1 heterocycles. The standard InChI is InChI=1S/C14H19NO4/c1-5-14(2,3)13(17)19-12-9(15-4)6-8-7-10(16)18-11(8)12/h8-9,11-12H,5-7H2,1-3H3. The molecular formula is C14H19NO4. The summed E-state index contributed by atoms with van der Waals surface area (Å²) in [6.45, 7) is 12.7. The van der Waals surface area contributed by atoms with Crippen LogP contribution in [0, 0.1) is 17.9 Å². The minimum absolute atomic E-state index is 0.0224. The van der Waals surface area contributed by atoms with E-state index >= 15 is 0 Å². The molecule has 1 aliphatic heterocycles. The summed E-state index contributed by atoms with van der Waals surface area (Å²) in [4.78, 5) is 26.9. The molecule has 0 aromatic rings. The zero-order valence-corrected chi connectivity index (χ0v) is 11.5. The largest absolute Gasteiger partial charge is 0.458 e. The van der Waals surface area contributed by atoms with E-state index in [1.165, 1.54) is 0 Å². The fraction of sp³-hybridized carbons (Fsp3) is 0.786. The normalized spacial score (nSPS) is 33.5. The van der Waals surface area contributed by atoms with Crippen molar-refractivity contribution in [1.82, 2.24) is 0 Å². The molecule has 0 bridgehead atoms. The van der Waals surface area contributed by atoms with Gasteiger partial charge in [0.25, 0.3) is 6.04 Å². The Morgan fingerprint density at radius 2 is 2.26 bits per heavy atom. The third-order valence-corrected chi connectivity index (χ3v) is 4.25. The first-order valence-electron chi connectivity index (χ1n) is 6.66. The van der Waals surface area contributed by atoms with Crippen LogP contribution in [0.3, 0.4) is 0 Å². The van der Waals surface area contributed by atoms with Gasteiger partial charge in [0.15, 0.2) is 6.10 Å². The highest BCUT2D eigenvalue weighted by Crippen LogP contribution is 2.41. The second-order valence-electron chi connectivity index (χ2n) is 5.96. The van der Waals surface area contributed by atoms with E-state index in [9.17, 15) is 9.59 Å². The number of ether oxygens (including phenoxy) is 2. The molecule has 104 valence electrons. The number of carbonyl (C=O) groups is 2. The van der Waals surface area contributed by atoms with Crippen LogP contribution in [0.1, 0.15) is 40.0 Å². The van der Waals surface area contributed by atoms with Crippen LogP contribution in [0.15, 0.2) is 0 Å². The lowest BCUT2D eigenvalue weighted by atomic mass is 9.90.